The number of hydrogen-bond acceptors (Lipinski definition) is 6. The summed E-state index contributed by atoms with van der Waals surface area (Å²) in [5, 5.41) is 3.04. The SMILES string of the molecule is COc1cc(C(=O)OCC(=O)NC(=O)NCC(F)(F)F)ccc1OC(C)C. The smallest absolute Gasteiger partial charge is 0.405 e. The van der Waals surface area contributed by atoms with Crippen LogP contribution in [0.4, 0.5) is 18.0 Å². The van der Waals surface area contributed by atoms with Gasteiger partial charge in [-0.1, -0.05) is 0 Å². The fourth-order valence-corrected chi connectivity index (χ4v) is 1.75. The summed E-state index contributed by atoms with van der Waals surface area (Å²) in [6, 6.07) is 2.86. The number of alkyl halides is 3. The van der Waals surface area contributed by atoms with E-state index >= 15 is 0 Å². The largest absolute Gasteiger partial charge is 0.493 e. The number of benzene rings is 1. The number of esters is 1. The molecule has 0 saturated carbocycles. The molecule has 0 unspecified atom stereocenters. The van der Waals surface area contributed by atoms with Gasteiger partial charge in [-0.05, 0) is 32.0 Å². The maximum atomic E-state index is 11.9. The molecule has 0 atom stereocenters. The van der Waals surface area contributed by atoms with Crippen LogP contribution in [-0.4, -0.2) is 50.4 Å². The number of rotatable bonds is 7. The van der Waals surface area contributed by atoms with Crippen molar-refractivity contribution in [2.24, 2.45) is 0 Å². The quantitative estimate of drug-likeness (QED) is 0.689. The second-order valence-electron chi connectivity index (χ2n) is 5.45. The Morgan fingerprint density at radius 2 is 1.81 bits per heavy atom. The van der Waals surface area contributed by atoms with Crippen LogP contribution in [0, 0.1) is 0 Å². The molecule has 1 aromatic rings. The number of amides is 3. The van der Waals surface area contributed by atoms with Crippen molar-refractivity contribution in [1.82, 2.24) is 10.6 Å². The van der Waals surface area contributed by atoms with E-state index in [1.54, 1.807) is 5.32 Å². The van der Waals surface area contributed by atoms with Crippen LogP contribution in [0.25, 0.3) is 0 Å². The molecule has 0 saturated heterocycles. The molecule has 0 aliphatic rings. The Hall–Kier alpha value is -2.98. The van der Waals surface area contributed by atoms with Crippen LogP contribution in [0.3, 0.4) is 0 Å². The zero-order valence-electron chi connectivity index (χ0n) is 14.8. The zero-order valence-corrected chi connectivity index (χ0v) is 14.8. The lowest BCUT2D eigenvalue weighted by Gasteiger charge is -2.14. The average Bonchev–Trinajstić information content (AvgIpc) is 2.57. The number of hydrogen-bond donors (Lipinski definition) is 2. The van der Waals surface area contributed by atoms with Crippen LogP contribution in [-0.2, 0) is 9.53 Å². The third-order valence-electron chi connectivity index (χ3n) is 2.80. The molecule has 1 rings (SSSR count). The van der Waals surface area contributed by atoms with Gasteiger partial charge in [0.25, 0.3) is 5.91 Å². The van der Waals surface area contributed by atoms with Crippen LogP contribution in [0.15, 0.2) is 18.2 Å². The molecule has 0 aliphatic carbocycles. The molecule has 8 nitrogen and oxygen atoms in total. The molecular weight excluding hydrogens is 373 g/mol. The molecule has 11 heteroatoms. The monoisotopic (exact) mass is 392 g/mol. The number of methoxy groups -OCH3 is 1. The van der Waals surface area contributed by atoms with E-state index in [1.807, 2.05) is 13.8 Å². The van der Waals surface area contributed by atoms with E-state index in [-0.39, 0.29) is 17.4 Å². The average molecular weight is 392 g/mol. The van der Waals surface area contributed by atoms with Crippen molar-refractivity contribution in [3.63, 3.8) is 0 Å². The van der Waals surface area contributed by atoms with Gasteiger partial charge >= 0.3 is 18.2 Å². The fourth-order valence-electron chi connectivity index (χ4n) is 1.75. The molecule has 150 valence electrons. The van der Waals surface area contributed by atoms with Gasteiger partial charge in [0.1, 0.15) is 6.54 Å². The third kappa shape index (κ3) is 8.29. The second-order valence-corrected chi connectivity index (χ2v) is 5.45. The van der Waals surface area contributed by atoms with Gasteiger partial charge in [0.15, 0.2) is 18.1 Å². The summed E-state index contributed by atoms with van der Waals surface area (Å²) < 4.78 is 51.1. The van der Waals surface area contributed by atoms with Crippen molar-refractivity contribution >= 4 is 17.9 Å². The van der Waals surface area contributed by atoms with Gasteiger partial charge in [0.05, 0.1) is 18.8 Å². The van der Waals surface area contributed by atoms with Crippen molar-refractivity contribution in [3.05, 3.63) is 23.8 Å². The zero-order chi connectivity index (χ0) is 20.6. The topological polar surface area (TPSA) is 103 Å². The first-order chi connectivity index (χ1) is 12.5. The molecule has 0 aromatic heterocycles. The van der Waals surface area contributed by atoms with E-state index in [9.17, 15) is 27.6 Å². The highest BCUT2D eigenvalue weighted by molar-refractivity contribution is 5.97. The van der Waals surface area contributed by atoms with E-state index in [0.717, 1.165) is 0 Å². The van der Waals surface area contributed by atoms with Gasteiger partial charge in [-0.25, -0.2) is 9.59 Å². The summed E-state index contributed by atoms with van der Waals surface area (Å²) in [4.78, 5) is 34.5. The second kappa shape index (κ2) is 9.64. The predicted octanol–water partition coefficient (Wildman–Crippen LogP) is 2.03. The van der Waals surface area contributed by atoms with Crippen LogP contribution in [0.1, 0.15) is 24.2 Å². The molecular formula is C16H19F3N2O6. The van der Waals surface area contributed by atoms with Crippen molar-refractivity contribution in [3.8, 4) is 11.5 Å². The first-order valence-corrected chi connectivity index (χ1v) is 7.68. The lowest BCUT2D eigenvalue weighted by Crippen LogP contribution is -2.44. The Bertz CT molecular complexity index is 691. The Morgan fingerprint density at radius 1 is 1.15 bits per heavy atom. The van der Waals surface area contributed by atoms with Gasteiger partial charge < -0.3 is 19.5 Å². The lowest BCUT2D eigenvalue weighted by molar-refractivity contribution is -0.125. The van der Waals surface area contributed by atoms with Gasteiger partial charge in [-0.15, -0.1) is 0 Å². The third-order valence-corrected chi connectivity index (χ3v) is 2.80. The van der Waals surface area contributed by atoms with Crippen LogP contribution in [0.5, 0.6) is 11.5 Å². The minimum atomic E-state index is -4.61. The Morgan fingerprint density at radius 3 is 2.37 bits per heavy atom. The Kier molecular flexibility index (Phi) is 7.88. The molecule has 0 bridgehead atoms. The van der Waals surface area contributed by atoms with E-state index in [0.29, 0.717) is 5.75 Å². The molecule has 3 amide bonds. The number of halogens is 3. The number of carbonyl (C=O) groups is 3. The summed E-state index contributed by atoms with van der Waals surface area (Å²) in [6.45, 7) is 1.16. The summed E-state index contributed by atoms with van der Waals surface area (Å²) in [5.41, 5.74) is 0.0530. The predicted molar refractivity (Wildman–Crippen MR) is 86.6 cm³/mol. The van der Waals surface area contributed by atoms with Crippen LogP contribution in [0.2, 0.25) is 0 Å². The molecule has 27 heavy (non-hydrogen) atoms. The molecule has 0 spiro atoms. The number of ether oxygens (including phenoxy) is 3. The minimum Gasteiger partial charge on any atom is -0.493 e. The molecule has 1 aromatic carbocycles. The van der Waals surface area contributed by atoms with Crippen LogP contribution < -0.4 is 20.1 Å². The van der Waals surface area contributed by atoms with Crippen molar-refractivity contribution in [2.45, 2.75) is 26.1 Å². The number of nitrogens with one attached hydrogen (secondary N) is 2. The molecule has 0 fully saturated rings. The van der Waals surface area contributed by atoms with E-state index in [4.69, 9.17) is 14.2 Å². The van der Waals surface area contributed by atoms with Gasteiger partial charge in [0.2, 0.25) is 0 Å². The van der Waals surface area contributed by atoms with E-state index in [1.165, 1.54) is 30.6 Å². The molecule has 0 heterocycles. The highest BCUT2D eigenvalue weighted by Crippen LogP contribution is 2.29. The number of imide groups is 1. The van der Waals surface area contributed by atoms with Crippen LogP contribution >= 0.6 is 0 Å². The molecule has 0 radical (unpaired) electrons. The highest BCUT2D eigenvalue weighted by Gasteiger charge is 2.28. The number of urea groups is 1. The highest BCUT2D eigenvalue weighted by atomic mass is 19.4. The van der Waals surface area contributed by atoms with Crippen molar-refractivity contribution in [2.75, 3.05) is 20.3 Å². The summed E-state index contributed by atoms with van der Waals surface area (Å²) >= 11 is 0. The molecule has 0 aliphatic heterocycles. The maximum absolute atomic E-state index is 11.9. The summed E-state index contributed by atoms with van der Waals surface area (Å²) in [7, 11) is 1.38. The normalized spacial score (nSPS) is 10.9. The van der Waals surface area contributed by atoms with Gasteiger partial charge in [0, 0.05) is 0 Å². The first kappa shape index (κ1) is 22.1. The standard InChI is InChI=1S/C16H19F3N2O6/c1-9(2)27-11-5-4-10(6-12(11)25-3)14(23)26-7-13(22)21-15(24)20-8-16(17,18)19/h4-6,9H,7-8H2,1-3H3,(H2,20,21,22,24). The van der Waals surface area contributed by atoms with Gasteiger partial charge in [-0.2, -0.15) is 13.2 Å². The van der Waals surface area contributed by atoms with Crippen molar-refractivity contribution < 1.29 is 41.8 Å². The Labute approximate surface area is 153 Å². The molecule has 2 N–H and O–H groups in total. The first-order valence-electron chi connectivity index (χ1n) is 7.68. The Balaban J connectivity index is 2.56. The number of carbonyl (C=O) groups excluding carboxylic acids is 3. The fraction of sp³-hybridized carbons (Fsp3) is 0.438. The van der Waals surface area contributed by atoms with Crippen molar-refractivity contribution in [1.29, 1.82) is 0 Å². The van der Waals surface area contributed by atoms with E-state index in [2.05, 4.69) is 0 Å². The van der Waals surface area contributed by atoms with Gasteiger partial charge in [-0.3, -0.25) is 10.1 Å². The summed E-state index contributed by atoms with van der Waals surface area (Å²) in [5.74, 6) is -1.30. The lowest BCUT2D eigenvalue weighted by atomic mass is 10.2. The summed E-state index contributed by atoms with van der Waals surface area (Å²) in [6.07, 6.45) is -4.74. The maximum Gasteiger partial charge on any atom is 0.405 e. The minimum absolute atomic E-state index is 0.0530. The van der Waals surface area contributed by atoms with E-state index < -0.39 is 37.2 Å².